The SMILES string of the molecule is C[C@@H]1CCCN(CC(=O)Nc2ccccc2C(N)=O)C1. The average Bonchev–Trinajstić information content (AvgIpc) is 2.38. The number of nitrogens with zero attached hydrogens (tertiary/aromatic N) is 1. The van der Waals surface area contributed by atoms with E-state index in [0.29, 0.717) is 23.7 Å². The zero-order valence-corrected chi connectivity index (χ0v) is 11.8. The maximum Gasteiger partial charge on any atom is 0.250 e. The molecule has 0 aliphatic carbocycles. The number of nitrogens with one attached hydrogen (secondary N) is 1. The van der Waals surface area contributed by atoms with E-state index in [1.54, 1.807) is 24.3 Å². The van der Waals surface area contributed by atoms with E-state index in [9.17, 15) is 9.59 Å². The van der Waals surface area contributed by atoms with E-state index >= 15 is 0 Å². The topological polar surface area (TPSA) is 75.4 Å². The molecule has 1 fully saturated rings. The molecule has 0 unspecified atom stereocenters. The first-order chi connectivity index (χ1) is 9.56. The molecule has 5 heteroatoms. The van der Waals surface area contributed by atoms with E-state index in [1.807, 2.05) is 0 Å². The molecule has 2 amide bonds. The van der Waals surface area contributed by atoms with Crippen LogP contribution in [-0.2, 0) is 4.79 Å². The maximum atomic E-state index is 12.1. The Bertz CT molecular complexity index is 502. The summed E-state index contributed by atoms with van der Waals surface area (Å²) < 4.78 is 0. The molecule has 1 atom stereocenters. The standard InChI is InChI=1S/C15H21N3O2/c1-11-5-4-8-18(9-11)10-14(19)17-13-7-3-2-6-12(13)15(16)20/h2-3,6-7,11H,4-5,8-10H2,1H3,(H2,16,20)(H,17,19)/t11-/m1/s1. The summed E-state index contributed by atoms with van der Waals surface area (Å²) in [5.74, 6) is -0.00486. The Labute approximate surface area is 119 Å². The predicted molar refractivity (Wildman–Crippen MR) is 78.4 cm³/mol. The number of primary amides is 1. The summed E-state index contributed by atoms with van der Waals surface area (Å²) >= 11 is 0. The lowest BCUT2D eigenvalue weighted by atomic mass is 10.0. The van der Waals surface area contributed by atoms with Crippen LogP contribution in [0.25, 0.3) is 0 Å². The fourth-order valence-corrected chi connectivity index (χ4v) is 2.63. The molecule has 1 heterocycles. The minimum atomic E-state index is -0.535. The van der Waals surface area contributed by atoms with Gasteiger partial charge in [0, 0.05) is 6.54 Å². The second kappa shape index (κ2) is 6.52. The van der Waals surface area contributed by atoms with Crippen LogP contribution in [0.2, 0.25) is 0 Å². The van der Waals surface area contributed by atoms with E-state index in [2.05, 4.69) is 17.1 Å². The Kier molecular flexibility index (Phi) is 4.74. The first kappa shape index (κ1) is 14.5. The minimum Gasteiger partial charge on any atom is -0.366 e. The zero-order valence-electron chi connectivity index (χ0n) is 11.8. The number of likely N-dealkylation sites (tertiary alicyclic amines) is 1. The molecule has 0 saturated carbocycles. The molecule has 108 valence electrons. The number of benzene rings is 1. The number of amides is 2. The molecular formula is C15H21N3O2. The Morgan fingerprint density at radius 3 is 2.85 bits per heavy atom. The lowest BCUT2D eigenvalue weighted by Gasteiger charge is -2.30. The van der Waals surface area contributed by atoms with Crippen molar-refractivity contribution in [2.45, 2.75) is 19.8 Å². The summed E-state index contributed by atoms with van der Waals surface area (Å²) in [4.78, 5) is 25.5. The van der Waals surface area contributed by atoms with Crippen LogP contribution in [0.1, 0.15) is 30.1 Å². The van der Waals surface area contributed by atoms with E-state index in [1.165, 1.54) is 6.42 Å². The van der Waals surface area contributed by atoms with Crippen molar-refractivity contribution in [1.82, 2.24) is 4.90 Å². The monoisotopic (exact) mass is 275 g/mol. The molecule has 1 aromatic rings. The van der Waals surface area contributed by atoms with Crippen LogP contribution in [0, 0.1) is 5.92 Å². The number of hydrogen-bond donors (Lipinski definition) is 2. The Balaban J connectivity index is 1.96. The smallest absolute Gasteiger partial charge is 0.250 e. The molecule has 2 rings (SSSR count). The van der Waals surface area contributed by atoms with Crippen molar-refractivity contribution in [2.75, 3.05) is 25.0 Å². The Morgan fingerprint density at radius 1 is 1.40 bits per heavy atom. The predicted octanol–water partition coefficient (Wildman–Crippen LogP) is 1.46. The summed E-state index contributed by atoms with van der Waals surface area (Å²) in [6.45, 7) is 4.46. The van der Waals surface area contributed by atoms with Crippen LogP contribution in [0.3, 0.4) is 0 Å². The average molecular weight is 275 g/mol. The van der Waals surface area contributed by atoms with Gasteiger partial charge in [-0.1, -0.05) is 19.1 Å². The molecule has 1 aromatic carbocycles. The first-order valence-corrected chi connectivity index (χ1v) is 6.97. The van der Waals surface area contributed by atoms with Gasteiger partial charge in [-0.2, -0.15) is 0 Å². The Morgan fingerprint density at radius 2 is 2.15 bits per heavy atom. The van der Waals surface area contributed by atoms with Gasteiger partial charge in [0.05, 0.1) is 17.8 Å². The van der Waals surface area contributed by atoms with Crippen LogP contribution in [0.5, 0.6) is 0 Å². The summed E-state index contributed by atoms with van der Waals surface area (Å²) in [7, 11) is 0. The van der Waals surface area contributed by atoms with Crippen LogP contribution in [0.15, 0.2) is 24.3 Å². The van der Waals surface area contributed by atoms with Crippen LogP contribution in [0.4, 0.5) is 5.69 Å². The van der Waals surface area contributed by atoms with Crippen molar-refractivity contribution >= 4 is 17.5 Å². The van der Waals surface area contributed by atoms with Crippen molar-refractivity contribution in [3.05, 3.63) is 29.8 Å². The molecular weight excluding hydrogens is 254 g/mol. The summed E-state index contributed by atoms with van der Waals surface area (Å²) in [6.07, 6.45) is 2.36. The summed E-state index contributed by atoms with van der Waals surface area (Å²) in [5, 5.41) is 2.77. The van der Waals surface area contributed by atoms with Crippen molar-refractivity contribution in [2.24, 2.45) is 11.7 Å². The third kappa shape index (κ3) is 3.81. The summed E-state index contributed by atoms with van der Waals surface area (Å²) in [6, 6.07) is 6.80. The van der Waals surface area contributed by atoms with E-state index in [-0.39, 0.29) is 5.91 Å². The number of piperidine rings is 1. The van der Waals surface area contributed by atoms with Gasteiger partial charge in [-0.3, -0.25) is 14.5 Å². The maximum absolute atomic E-state index is 12.1. The third-order valence-corrected chi connectivity index (χ3v) is 3.57. The largest absolute Gasteiger partial charge is 0.366 e. The van der Waals surface area contributed by atoms with Crippen LogP contribution in [-0.4, -0.2) is 36.3 Å². The number of rotatable bonds is 4. The van der Waals surface area contributed by atoms with Gasteiger partial charge in [-0.25, -0.2) is 0 Å². The second-order valence-corrected chi connectivity index (χ2v) is 5.44. The minimum absolute atomic E-state index is 0.104. The van der Waals surface area contributed by atoms with Gasteiger partial charge in [-0.05, 0) is 37.4 Å². The highest BCUT2D eigenvalue weighted by Gasteiger charge is 2.19. The fraction of sp³-hybridized carbons (Fsp3) is 0.467. The van der Waals surface area contributed by atoms with Crippen molar-refractivity contribution in [3.63, 3.8) is 0 Å². The molecule has 0 spiro atoms. The van der Waals surface area contributed by atoms with Crippen molar-refractivity contribution < 1.29 is 9.59 Å². The normalized spacial score (nSPS) is 19.6. The number of anilines is 1. The number of para-hydroxylation sites is 1. The van der Waals surface area contributed by atoms with Gasteiger partial charge < -0.3 is 11.1 Å². The van der Waals surface area contributed by atoms with Crippen molar-refractivity contribution in [3.8, 4) is 0 Å². The van der Waals surface area contributed by atoms with E-state index < -0.39 is 5.91 Å². The van der Waals surface area contributed by atoms with Crippen molar-refractivity contribution in [1.29, 1.82) is 0 Å². The quantitative estimate of drug-likeness (QED) is 0.873. The van der Waals surface area contributed by atoms with E-state index in [4.69, 9.17) is 5.73 Å². The fourth-order valence-electron chi connectivity index (χ4n) is 2.63. The number of nitrogens with two attached hydrogens (primary N) is 1. The zero-order chi connectivity index (χ0) is 14.5. The molecule has 1 aliphatic heterocycles. The third-order valence-electron chi connectivity index (χ3n) is 3.57. The van der Waals surface area contributed by atoms with Crippen LogP contribution < -0.4 is 11.1 Å². The Hall–Kier alpha value is -1.88. The molecule has 0 bridgehead atoms. The highest BCUT2D eigenvalue weighted by molar-refractivity contribution is 6.03. The molecule has 1 aliphatic rings. The molecule has 5 nitrogen and oxygen atoms in total. The number of carbonyl (C=O) groups is 2. The second-order valence-electron chi connectivity index (χ2n) is 5.44. The highest BCUT2D eigenvalue weighted by atomic mass is 16.2. The number of carbonyl (C=O) groups excluding carboxylic acids is 2. The number of hydrogen-bond acceptors (Lipinski definition) is 3. The highest BCUT2D eigenvalue weighted by Crippen LogP contribution is 2.16. The van der Waals surface area contributed by atoms with Gasteiger partial charge in [0.15, 0.2) is 0 Å². The lowest BCUT2D eigenvalue weighted by Crippen LogP contribution is -2.39. The van der Waals surface area contributed by atoms with Gasteiger partial charge in [0.25, 0.3) is 5.91 Å². The van der Waals surface area contributed by atoms with Gasteiger partial charge in [-0.15, -0.1) is 0 Å². The molecule has 0 radical (unpaired) electrons. The molecule has 1 saturated heterocycles. The molecule has 3 N–H and O–H groups in total. The van der Waals surface area contributed by atoms with E-state index in [0.717, 1.165) is 19.5 Å². The first-order valence-electron chi connectivity index (χ1n) is 6.97. The molecule has 20 heavy (non-hydrogen) atoms. The lowest BCUT2D eigenvalue weighted by molar-refractivity contribution is -0.117. The van der Waals surface area contributed by atoms with Gasteiger partial charge in [0.2, 0.25) is 5.91 Å². The van der Waals surface area contributed by atoms with Gasteiger partial charge in [0.1, 0.15) is 0 Å². The summed E-state index contributed by atoms with van der Waals surface area (Å²) in [5.41, 5.74) is 6.11. The van der Waals surface area contributed by atoms with Gasteiger partial charge >= 0.3 is 0 Å². The molecule has 0 aromatic heterocycles. The van der Waals surface area contributed by atoms with Crippen LogP contribution >= 0.6 is 0 Å².